The van der Waals surface area contributed by atoms with E-state index in [1.807, 2.05) is 24.3 Å². The van der Waals surface area contributed by atoms with E-state index in [9.17, 15) is 5.11 Å². The van der Waals surface area contributed by atoms with Crippen molar-refractivity contribution in [3.05, 3.63) is 34.9 Å². The molecule has 1 aromatic carbocycles. The van der Waals surface area contributed by atoms with Gasteiger partial charge >= 0.3 is 0 Å². The molecular weight excluding hydrogens is 234 g/mol. The minimum Gasteiger partial charge on any atom is -0.392 e. The molecule has 2 unspecified atom stereocenters. The van der Waals surface area contributed by atoms with Gasteiger partial charge in [0, 0.05) is 22.5 Å². The lowest BCUT2D eigenvalue weighted by Gasteiger charge is -2.50. The summed E-state index contributed by atoms with van der Waals surface area (Å²) in [5.41, 5.74) is 1.07. The van der Waals surface area contributed by atoms with Crippen molar-refractivity contribution in [2.24, 2.45) is 5.41 Å². The first-order valence-electron chi connectivity index (χ1n) is 6.11. The van der Waals surface area contributed by atoms with Gasteiger partial charge in [-0.05, 0) is 25.0 Å². The number of hydrogen-bond donors (Lipinski definition) is 2. The van der Waals surface area contributed by atoms with Crippen molar-refractivity contribution in [3.8, 4) is 0 Å². The Morgan fingerprint density at radius 2 is 2.06 bits per heavy atom. The van der Waals surface area contributed by atoms with Crippen molar-refractivity contribution >= 4 is 11.6 Å². The first-order valence-corrected chi connectivity index (χ1v) is 6.49. The number of aliphatic hydroxyl groups excluding tert-OH is 1. The maximum absolute atomic E-state index is 9.72. The molecule has 2 rings (SSSR count). The van der Waals surface area contributed by atoms with Gasteiger partial charge in [-0.3, -0.25) is 0 Å². The zero-order valence-corrected chi connectivity index (χ0v) is 11.3. The van der Waals surface area contributed by atoms with Crippen molar-refractivity contribution in [2.45, 2.75) is 45.4 Å². The predicted octanol–water partition coefficient (Wildman–Crippen LogP) is 3.15. The van der Waals surface area contributed by atoms with Gasteiger partial charge in [0.2, 0.25) is 0 Å². The summed E-state index contributed by atoms with van der Waals surface area (Å²) >= 11 is 6.17. The maximum Gasteiger partial charge on any atom is 0.0621 e. The van der Waals surface area contributed by atoms with Crippen LogP contribution in [0.25, 0.3) is 0 Å². The number of rotatable bonds is 3. The third kappa shape index (κ3) is 2.35. The average Bonchev–Trinajstić information content (AvgIpc) is 2.29. The van der Waals surface area contributed by atoms with Crippen LogP contribution < -0.4 is 5.32 Å². The average molecular weight is 254 g/mol. The van der Waals surface area contributed by atoms with E-state index in [2.05, 4.69) is 26.1 Å². The Labute approximate surface area is 108 Å². The monoisotopic (exact) mass is 253 g/mol. The van der Waals surface area contributed by atoms with Gasteiger partial charge in [0.1, 0.15) is 0 Å². The second-order valence-corrected chi connectivity index (χ2v) is 5.94. The summed E-state index contributed by atoms with van der Waals surface area (Å²) in [5.74, 6) is 0. The Kier molecular flexibility index (Phi) is 3.48. The Bertz CT molecular complexity index is 405. The normalized spacial score (nSPS) is 28.5. The van der Waals surface area contributed by atoms with Crippen molar-refractivity contribution in [1.82, 2.24) is 5.32 Å². The van der Waals surface area contributed by atoms with Gasteiger partial charge in [-0.25, -0.2) is 0 Å². The lowest BCUT2D eigenvalue weighted by Crippen LogP contribution is -2.60. The number of aliphatic hydroxyl groups is 1. The molecule has 2 nitrogen and oxygen atoms in total. The van der Waals surface area contributed by atoms with Crippen LogP contribution in [0.1, 0.15) is 38.8 Å². The molecule has 3 atom stereocenters. The van der Waals surface area contributed by atoms with Gasteiger partial charge in [-0.2, -0.15) is 0 Å². The fourth-order valence-corrected chi connectivity index (χ4v) is 2.70. The summed E-state index contributed by atoms with van der Waals surface area (Å²) < 4.78 is 0. The smallest absolute Gasteiger partial charge is 0.0621 e. The van der Waals surface area contributed by atoms with E-state index in [-0.39, 0.29) is 17.6 Å². The van der Waals surface area contributed by atoms with Crippen LogP contribution in [0.4, 0.5) is 0 Å². The molecule has 0 aromatic heterocycles. The molecule has 0 saturated heterocycles. The number of hydrogen-bond acceptors (Lipinski definition) is 2. The molecule has 0 spiro atoms. The third-order valence-electron chi connectivity index (χ3n) is 4.04. The summed E-state index contributed by atoms with van der Waals surface area (Å²) in [4.78, 5) is 0. The SMILES string of the molecule is C[C@@H](NC1CC(O)C1(C)C)c1ccccc1Cl. The number of halogens is 1. The summed E-state index contributed by atoms with van der Waals surface area (Å²) in [7, 11) is 0. The van der Waals surface area contributed by atoms with Gasteiger partial charge in [-0.1, -0.05) is 43.6 Å². The quantitative estimate of drug-likeness (QED) is 0.867. The molecule has 0 radical (unpaired) electrons. The van der Waals surface area contributed by atoms with Crippen molar-refractivity contribution in [1.29, 1.82) is 0 Å². The van der Waals surface area contributed by atoms with Crippen molar-refractivity contribution in [3.63, 3.8) is 0 Å². The molecular formula is C14H20ClNO. The minimum atomic E-state index is -0.196. The highest BCUT2D eigenvalue weighted by Gasteiger charge is 2.47. The van der Waals surface area contributed by atoms with Gasteiger partial charge in [0.15, 0.2) is 0 Å². The summed E-state index contributed by atoms with van der Waals surface area (Å²) in [5, 5.41) is 14.1. The Morgan fingerprint density at radius 3 is 2.59 bits per heavy atom. The Balaban J connectivity index is 2.04. The summed E-state index contributed by atoms with van der Waals surface area (Å²) in [6, 6.07) is 8.46. The van der Waals surface area contributed by atoms with Gasteiger partial charge < -0.3 is 10.4 Å². The minimum absolute atomic E-state index is 0.0461. The fourth-order valence-electron chi connectivity index (χ4n) is 2.40. The van der Waals surface area contributed by atoms with Crippen LogP contribution in [0.15, 0.2) is 24.3 Å². The van der Waals surface area contributed by atoms with Crippen LogP contribution in [-0.2, 0) is 0 Å². The van der Waals surface area contributed by atoms with Crippen LogP contribution in [0.5, 0.6) is 0 Å². The van der Waals surface area contributed by atoms with Gasteiger partial charge in [-0.15, -0.1) is 0 Å². The summed E-state index contributed by atoms with van der Waals surface area (Å²) in [6.07, 6.45) is 0.625. The highest BCUT2D eigenvalue weighted by Crippen LogP contribution is 2.41. The molecule has 0 heterocycles. The van der Waals surface area contributed by atoms with E-state index < -0.39 is 0 Å². The van der Waals surface area contributed by atoms with E-state index >= 15 is 0 Å². The highest BCUT2D eigenvalue weighted by molar-refractivity contribution is 6.31. The first-order chi connectivity index (χ1) is 7.93. The van der Waals surface area contributed by atoms with Gasteiger partial charge in [0.25, 0.3) is 0 Å². The first kappa shape index (κ1) is 12.9. The molecule has 1 aliphatic rings. The topological polar surface area (TPSA) is 32.3 Å². The molecule has 0 bridgehead atoms. The second-order valence-electron chi connectivity index (χ2n) is 5.54. The Hall–Kier alpha value is -0.570. The third-order valence-corrected chi connectivity index (χ3v) is 4.38. The fraction of sp³-hybridized carbons (Fsp3) is 0.571. The van der Waals surface area contributed by atoms with E-state index in [1.165, 1.54) is 0 Å². The molecule has 0 amide bonds. The molecule has 1 aromatic rings. The van der Waals surface area contributed by atoms with E-state index in [0.29, 0.717) is 6.04 Å². The van der Waals surface area contributed by atoms with E-state index in [0.717, 1.165) is 17.0 Å². The molecule has 94 valence electrons. The lowest BCUT2D eigenvalue weighted by atomic mass is 9.64. The van der Waals surface area contributed by atoms with Crippen LogP contribution >= 0.6 is 11.6 Å². The second kappa shape index (κ2) is 4.60. The lowest BCUT2D eigenvalue weighted by molar-refractivity contribution is -0.0754. The van der Waals surface area contributed by atoms with Crippen LogP contribution in [0.2, 0.25) is 5.02 Å². The molecule has 0 aliphatic heterocycles. The maximum atomic E-state index is 9.72. The standard InChI is InChI=1S/C14H20ClNO/c1-9(10-6-4-5-7-11(10)15)16-12-8-13(17)14(12,2)3/h4-7,9,12-13,16-17H,8H2,1-3H3/t9-,12?,13?/m1/s1. The zero-order valence-electron chi connectivity index (χ0n) is 10.6. The molecule has 17 heavy (non-hydrogen) atoms. The van der Waals surface area contributed by atoms with Crippen LogP contribution in [0.3, 0.4) is 0 Å². The van der Waals surface area contributed by atoms with E-state index in [4.69, 9.17) is 11.6 Å². The van der Waals surface area contributed by atoms with Crippen molar-refractivity contribution < 1.29 is 5.11 Å². The van der Waals surface area contributed by atoms with Crippen molar-refractivity contribution in [2.75, 3.05) is 0 Å². The predicted molar refractivity (Wildman–Crippen MR) is 71.2 cm³/mol. The highest BCUT2D eigenvalue weighted by atomic mass is 35.5. The molecule has 1 saturated carbocycles. The molecule has 1 aliphatic carbocycles. The zero-order chi connectivity index (χ0) is 12.6. The van der Waals surface area contributed by atoms with Gasteiger partial charge in [0.05, 0.1) is 6.10 Å². The largest absolute Gasteiger partial charge is 0.392 e. The number of nitrogens with one attached hydrogen (secondary N) is 1. The van der Waals surface area contributed by atoms with Crippen LogP contribution in [0, 0.1) is 5.41 Å². The molecule has 3 heteroatoms. The van der Waals surface area contributed by atoms with Crippen LogP contribution in [-0.4, -0.2) is 17.3 Å². The van der Waals surface area contributed by atoms with E-state index in [1.54, 1.807) is 0 Å². The molecule has 1 fully saturated rings. The summed E-state index contributed by atoms with van der Waals surface area (Å²) in [6.45, 7) is 6.30. The number of benzene rings is 1. The molecule has 2 N–H and O–H groups in total. The Morgan fingerprint density at radius 1 is 1.41 bits per heavy atom.